The lowest BCUT2D eigenvalue weighted by Gasteiger charge is -2.32. The Bertz CT molecular complexity index is 969. The summed E-state index contributed by atoms with van der Waals surface area (Å²) < 4.78 is 33.3. The van der Waals surface area contributed by atoms with Crippen LogP contribution in [0.1, 0.15) is 23.6 Å². The third kappa shape index (κ3) is 5.45. The Kier molecular flexibility index (Phi) is 6.10. The lowest BCUT2D eigenvalue weighted by Crippen LogP contribution is -2.25. The zero-order valence-electron chi connectivity index (χ0n) is 19.9. The Hall–Kier alpha value is -3.06. The van der Waals surface area contributed by atoms with Gasteiger partial charge >= 0.3 is 0 Å². The molecule has 3 fully saturated rings. The molecule has 0 bridgehead atoms. The van der Waals surface area contributed by atoms with Gasteiger partial charge in [0, 0.05) is 5.41 Å². The molecule has 0 amide bonds. The zero-order valence-corrected chi connectivity index (χ0v) is 19.9. The fourth-order valence-corrected chi connectivity index (χ4v) is 4.21. The van der Waals surface area contributed by atoms with Crippen molar-refractivity contribution < 1.29 is 28.4 Å². The molecule has 0 N–H and O–H groups in total. The average molecular weight is 475 g/mol. The highest BCUT2D eigenvalue weighted by Crippen LogP contribution is 2.40. The molecule has 35 heavy (non-hydrogen) atoms. The smallest absolute Gasteiger partial charge is 0.119 e. The lowest BCUT2D eigenvalue weighted by molar-refractivity contribution is 0.262. The van der Waals surface area contributed by atoms with Crippen molar-refractivity contribution in [2.24, 2.45) is 0 Å². The molecule has 6 rings (SSSR count). The first-order valence-corrected chi connectivity index (χ1v) is 12.2. The normalized spacial score (nSPS) is 22.4. The predicted octanol–water partition coefficient (Wildman–Crippen LogP) is 4.37. The molecule has 3 saturated heterocycles. The maximum absolute atomic E-state index is 5.86. The molecule has 3 heterocycles. The topological polar surface area (TPSA) is 65.3 Å². The molecule has 3 aromatic carbocycles. The van der Waals surface area contributed by atoms with Crippen LogP contribution in [-0.2, 0) is 19.6 Å². The van der Waals surface area contributed by atoms with Gasteiger partial charge in [0.1, 0.15) is 55.4 Å². The summed E-state index contributed by atoms with van der Waals surface area (Å²) >= 11 is 0. The van der Waals surface area contributed by atoms with E-state index in [0.29, 0.717) is 19.8 Å². The Morgan fingerprint density at radius 1 is 0.543 bits per heavy atom. The van der Waals surface area contributed by atoms with E-state index in [0.717, 1.165) is 37.1 Å². The van der Waals surface area contributed by atoms with Gasteiger partial charge in [0.05, 0.1) is 19.8 Å². The highest BCUT2D eigenvalue weighted by Gasteiger charge is 2.32. The van der Waals surface area contributed by atoms with E-state index in [2.05, 4.69) is 43.3 Å². The van der Waals surface area contributed by atoms with E-state index >= 15 is 0 Å². The molecule has 182 valence electrons. The van der Waals surface area contributed by atoms with Crippen LogP contribution in [0.25, 0.3) is 0 Å². The maximum atomic E-state index is 5.86. The van der Waals surface area contributed by atoms with E-state index in [4.69, 9.17) is 28.4 Å². The summed E-state index contributed by atoms with van der Waals surface area (Å²) in [7, 11) is 0. The Balaban J connectivity index is 1.26. The van der Waals surface area contributed by atoms with Crippen LogP contribution in [0.2, 0.25) is 0 Å². The number of ether oxygens (including phenoxy) is 6. The first-order chi connectivity index (χ1) is 17.2. The summed E-state index contributed by atoms with van der Waals surface area (Å²) in [5.74, 6) is 2.55. The van der Waals surface area contributed by atoms with Crippen molar-refractivity contribution in [3.63, 3.8) is 0 Å². The SMILES string of the molecule is CC(c1ccc(OCC2CO2)cc1)(c1ccc(OC[C@@H]2CO2)cc1)c1ccc(OC[C@@H]2CO2)cc1. The predicted molar refractivity (Wildman–Crippen MR) is 131 cm³/mol. The summed E-state index contributed by atoms with van der Waals surface area (Å²) in [5, 5.41) is 0. The van der Waals surface area contributed by atoms with Gasteiger partial charge in [-0.25, -0.2) is 0 Å². The fraction of sp³-hybridized carbons (Fsp3) is 0.379. The van der Waals surface area contributed by atoms with E-state index in [1.54, 1.807) is 0 Å². The van der Waals surface area contributed by atoms with Crippen molar-refractivity contribution in [3.8, 4) is 17.2 Å². The van der Waals surface area contributed by atoms with Crippen molar-refractivity contribution in [2.75, 3.05) is 39.6 Å². The van der Waals surface area contributed by atoms with Gasteiger partial charge in [-0.1, -0.05) is 36.4 Å². The number of benzene rings is 3. The molecule has 3 aliphatic heterocycles. The largest absolute Gasteiger partial charge is 0.491 e. The molecule has 3 aliphatic rings. The molecule has 0 aliphatic carbocycles. The molecule has 0 spiro atoms. The molecule has 6 heteroatoms. The molecule has 3 atom stereocenters. The lowest BCUT2D eigenvalue weighted by atomic mass is 9.71. The third-order valence-electron chi connectivity index (χ3n) is 6.81. The van der Waals surface area contributed by atoms with Crippen LogP contribution < -0.4 is 14.2 Å². The Morgan fingerprint density at radius 3 is 1.03 bits per heavy atom. The van der Waals surface area contributed by atoms with Crippen LogP contribution in [0.3, 0.4) is 0 Å². The summed E-state index contributed by atoms with van der Waals surface area (Å²) in [6.45, 7) is 6.40. The number of epoxide rings is 3. The minimum Gasteiger partial charge on any atom is -0.491 e. The zero-order chi connectivity index (χ0) is 23.7. The van der Waals surface area contributed by atoms with Crippen molar-refractivity contribution in [2.45, 2.75) is 30.7 Å². The fourth-order valence-electron chi connectivity index (χ4n) is 4.21. The van der Waals surface area contributed by atoms with Gasteiger partial charge in [-0.2, -0.15) is 0 Å². The standard InChI is InChI=1S/C29H30O6/c1-29(20-2-8-23(9-3-20)30-14-26-17-33-26,21-4-10-24(11-5-21)31-15-27-18-34-27)22-6-12-25(13-7-22)32-16-28-19-35-28/h2-13,26-28H,14-19H2,1H3/t26-,27-,28?/m1/s1. The van der Waals surface area contributed by atoms with Gasteiger partial charge in [0.2, 0.25) is 0 Å². The molecule has 3 aromatic rings. The van der Waals surface area contributed by atoms with Crippen LogP contribution >= 0.6 is 0 Å². The summed E-state index contributed by atoms with van der Waals surface area (Å²) in [6.07, 6.45) is 0.707. The van der Waals surface area contributed by atoms with E-state index in [1.807, 2.05) is 36.4 Å². The summed E-state index contributed by atoms with van der Waals surface area (Å²) in [6, 6.07) is 25.1. The van der Waals surface area contributed by atoms with Crippen molar-refractivity contribution in [1.82, 2.24) is 0 Å². The minimum atomic E-state index is -0.381. The van der Waals surface area contributed by atoms with Crippen molar-refractivity contribution in [1.29, 1.82) is 0 Å². The number of hydrogen-bond donors (Lipinski definition) is 0. The quantitative estimate of drug-likeness (QED) is 0.287. The minimum absolute atomic E-state index is 0.236. The van der Waals surface area contributed by atoms with Gasteiger partial charge in [-0.15, -0.1) is 0 Å². The summed E-state index contributed by atoms with van der Waals surface area (Å²) in [4.78, 5) is 0. The molecule has 0 radical (unpaired) electrons. The van der Waals surface area contributed by atoms with Crippen LogP contribution in [0, 0.1) is 0 Å². The van der Waals surface area contributed by atoms with E-state index in [9.17, 15) is 0 Å². The van der Waals surface area contributed by atoms with Crippen molar-refractivity contribution >= 4 is 0 Å². The van der Waals surface area contributed by atoms with E-state index in [1.165, 1.54) is 16.7 Å². The van der Waals surface area contributed by atoms with Crippen LogP contribution in [0.4, 0.5) is 0 Å². The third-order valence-corrected chi connectivity index (χ3v) is 6.81. The van der Waals surface area contributed by atoms with Gasteiger partial charge in [-0.3, -0.25) is 0 Å². The molecule has 0 aromatic heterocycles. The summed E-state index contributed by atoms with van der Waals surface area (Å²) in [5.41, 5.74) is 3.14. The second-order valence-corrected chi connectivity index (χ2v) is 9.50. The van der Waals surface area contributed by atoms with Gasteiger partial charge < -0.3 is 28.4 Å². The van der Waals surface area contributed by atoms with Gasteiger partial charge in [0.15, 0.2) is 0 Å². The van der Waals surface area contributed by atoms with Gasteiger partial charge in [-0.05, 0) is 60.0 Å². The Morgan fingerprint density at radius 2 is 0.800 bits per heavy atom. The first kappa shape index (κ1) is 22.4. The number of rotatable bonds is 12. The molecule has 1 unspecified atom stereocenters. The van der Waals surface area contributed by atoms with Crippen LogP contribution in [-0.4, -0.2) is 58.0 Å². The second kappa shape index (κ2) is 9.53. The van der Waals surface area contributed by atoms with Crippen LogP contribution in [0.15, 0.2) is 72.8 Å². The van der Waals surface area contributed by atoms with E-state index in [-0.39, 0.29) is 23.7 Å². The molecule has 0 saturated carbocycles. The first-order valence-electron chi connectivity index (χ1n) is 12.2. The van der Waals surface area contributed by atoms with Crippen LogP contribution in [0.5, 0.6) is 17.2 Å². The van der Waals surface area contributed by atoms with Gasteiger partial charge in [0.25, 0.3) is 0 Å². The molecular formula is C29H30O6. The number of hydrogen-bond acceptors (Lipinski definition) is 6. The van der Waals surface area contributed by atoms with E-state index < -0.39 is 0 Å². The Labute approximate surface area is 205 Å². The van der Waals surface area contributed by atoms with Crippen molar-refractivity contribution in [3.05, 3.63) is 89.5 Å². The average Bonchev–Trinajstić information content (AvgIpc) is 3.76. The maximum Gasteiger partial charge on any atom is 0.119 e. The second-order valence-electron chi connectivity index (χ2n) is 9.50. The monoisotopic (exact) mass is 474 g/mol. The highest BCUT2D eigenvalue weighted by atomic mass is 16.6. The molecule has 6 nitrogen and oxygen atoms in total. The molecular weight excluding hydrogens is 444 g/mol. The highest BCUT2D eigenvalue weighted by molar-refractivity contribution is 5.52.